The van der Waals surface area contributed by atoms with Crippen LogP contribution in [0.4, 0.5) is 5.69 Å². The van der Waals surface area contributed by atoms with E-state index in [1.165, 1.54) is 24.3 Å². The monoisotopic (exact) mass is 440 g/mol. The second kappa shape index (κ2) is 8.87. The highest BCUT2D eigenvalue weighted by Gasteiger charge is 2.14. The number of nitrogens with zero attached hydrogens (tertiary/aromatic N) is 1. The van der Waals surface area contributed by atoms with Gasteiger partial charge in [0.2, 0.25) is 0 Å². The molecular formula is C22H14Cl2N2O4. The molecule has 1 amide bonds. The van der Waals surface area contributed by atoms with E-state index in [1.807, 2.05) is 13.0 Å². The lowest BCUT2D eigenvalue weighted by Crippen LogP contribution is -2.13. The highest BCUT2D eigenvalue weighted by Crippen LogP contribution is 2.31. The van der Waals surface area contributed by atoms with Gasteiger partial charge in [-0.1, -0.05) is 29.3 Å². The van der Waals surface area contributed by atoms with Crippen LogP contribution in [0.2, 0.25) is 10.0 Å². The standard InChI is InChI=1S/C22H14Cl2N2O4/c1-12-2-4-15(10-19(12)24)26-21(27)14(11-25)8-16-5-7-20(30-16)17-9-13(22(28)29)3-6-18(17)23/h2-10H,1H3,(H,26,27)(H,28,29). The number of carbonyl (C=O) groups is 2. The predicted octanol–water partition coefficient (Wildman–Crippen LogP) is 5.81. The van der Waals surface area contributed by atoms with Crippen LogP contribution in [0.5, 0.6) is 0 Å². The van der Waals surface area contributed by atoms with E-state index < -0.39 is 11.9 Å². The van der Waals surface area contributed by atoms with E-state index in [0.717, 1.165) is 5.56 Å². The first-order valence-electron chi connectivity index (χ1n) is 8.61. The number of carboxylic acid groups (broad SMARTS) is 1. The Balaban J connectivity index is 1.86. The highest BCUT2D eigenvalue weighted by atomic mass is 35.5. The minimum atomic E-state index is -1.10. The lowest BCUT2D eigenvalue weighted by molar-refractivity contribution is -0.112. The van der Waals surface area contributed by atoms with E-state index in [4.69, 9.17) is 32.7 Å². The van der Waals surface area contributed by atoms with Crippen molar-refractivity contribution in [2.75, 3.05) is 5.32 Å². The number of aryl methyl sites for hydroxylation is 1. The fraction of sp³-hybridized carbons (Fsp3) is 0.0455. The number of amides is 1. The van der Waals surface area contributed by atoms with Gasteiger partial charge in [-0.15, -0.1) is 0 Å². The summed E-state index contributed by atoms with van der Waals surface area (Å²) in [6.07, 6.45) is 1.28. The van der Waals surface area contributed by atoms with Crippen LogP contribution in [0.1, 0.15) is 21.7 Å². The van der Waals surface area contributed by atoms with Crippen LogP contribution in [0.25, 0.3) is 17.4 Å². The number of nitrogens with one attached hydrogen (secondary N) is 1. The van der Waals surface area contributed by atoms with Gasteiger partial charge in [-0.25, -0.2) is 4.79 Å². The second-order valence-electron chi connectivity index (χ2n) is 6.29. The maximum Gasteiger partial charge on any atom is 0.335 e. The average Bonchev–Trinajstić information content (AvgIpc) is 3.17. The lowest BCUT2D eigenvalue weighted by atomic mass is 10.1. The van der Waals surface area contributed by atoms with Gasteiger partial charge in [0.25, 0.3) is 5.91 Å². The Bertz CT molecular complexity index is 1220. The van der Waals surface area contributed by atoms with E-state index in [0.29, 0.717) is 27.1 Å². The molecule has 6 nitrogen and oxygen atoms in total. The summed E-state index contributed by atoms with van der Waals surface area (Å²) in [5.74, 6) is -1.19. The van der Waals surface area contributed by atoms with Gasteiger partial charge in [-0.3, -0.25) is 4.79 Å². The molecule has 0 saturated carbocycles. The van der Waals surface area contributed by atoms with E-state index in [9.17, 15) is 14.9 Å². The van der Waals surface area contributed by atoms with Gasteiger partial charge in [-0.05, 0) is 55.0 Å². The predicted molar refractivity (Wildman–Crippen MR) is 115 cm³/mol. The molecule has 0 bridgehead atoms. The van der Waals surface area contributed by atoms with Crippen LogP contribution in [0.3, 0.4) is 0 Å². The molecule has 0 aliphatic carbocycles. The summed E-state index contributed by atoms with van der Waals surface area (Å²) < 4.78 is 5.65. The summed E-state index contributed by atoms with van der Waals surface area (Å²) >= 11 is 12.2. The highest BCUT2D eigenvalue weighted by molar-refractivity contribution is 6.33. The average molecular weight is 441 g/mol. The zero-order valence-electron chi connectivity index (χ0n) is 15.6. The molecule has 3 aromatic rings. The lowest BCUT2D eigenvalue weighted by Gasteiger charge is -2.06. The molecule has 0 saturated heterocycles. The van der Waals surface area contributed by atoms with Crippen LogP contribution < -0.4 is 5.32 Å². The van der Waals surface area contributed by atoms with Crippen LogP contribution in [0.15, 0.2) is 58.5 Å². The molecule has 1 aromatic heterocycles. The molecular weight excluding hydrogens is 427 g/mol. The van der Waals surface area contributed by atoms with Gasteiger partial charge in [0, 0.05) is 22.3 Å². The van der Waals surface area contributed by atoms with Gasteiger partial charge in [0.15, 0.2) is 0 Å². The minimum Gasteiger partial charge on any atom is -0.478 e. The third-order valence-corrected chi connectivity index (χ3v) is 4.92. The number of hydrogen-bond acceptors (Lipinski definition) is 4. The number of carbonyl (C=O) groups excluding carboxylic acids is 1. The smallest absolute Gasteiger partial charge is 0.335 e. The zero-order chi connectivity index (χ0) is 21.8. The molecule has 0 unspecified atom stereocenters. The van der Waals surface area contributed by atoms with Crippen molar-refractivity contribution in [3.05, 3.63) is 81.0 Å². The maximum atomic E-state index is 12.4. The van der Waals surface area contributed by atoms with Crippen molar-refractivity contribution >= 4 is 46.8 Å². The third-order valence-electron chi connectivity index (χ3n) is 4.19. The Labute approximate surface area is 182 Å². The first-order valence-corrected chi connectivity index (χ1v) is 9.36. The van der Waals surface area contributed by atoms with Crippen LogP contribution >= 0.6 is 23.2 Å². The van der Waals surface area contributed by atoms with Gasteiger partial charge < -0.3 is 14.8 Å². The molecule has 3 rings (SSSR count). The third kappa shape index (κ3) is 4.71. The number of hydrogen-bond donors (Lipinski definition) is 2. The van der Waals surface area contributed by atoms with E-state index in [1.54, 1.807) is 30.3 Å². The first kappa shape index (κ1) is 21.2. The largest absolute Gasteiger partial charge is 0.478 e. The molecule has 2 N–H and O–H groups in total. The molecule has 0 aliphatic rings. The normalized spacial score (nSPS) is 11.1. The fourth-order valence-electron chi connectivity index (χ4n) is 2.58. The summed E-state index contributed by atoms with van der Waals surface area (Å²) in [7, 11) is 0. The summed E-state index contributed by atoms with van der Waals surface area (Å²) in [4.78, 5) is 23.6. The van der Waals surface area contributed by atoms with Crippen LogP contribution in [0, 0.1) is 18.3 Å². The maximum absolute atomic E-state index is 12.4. The van der Waals surface area contributed by atoms with E-state index >= 15 is 0 Å². The molecule has 0 spiro atoms. The van der Waals surface area contributed by atoms with Crippen LogP contribution in [-0.4, -0.2) is 17.0 Å². The number of halogens is 2. The number of anilines is 1. The quantitative estimate of drug-likeness (QED) is 0.385. The Morgan fingerprint density at radius 1 is 1.10 bits per heavy atom. The summed E-state index contributed by atoms with van der Waals surface area (Å²) in [5, 5.41) is 21.9. The summed E-state index contributed by atoms with van der Waals surface area (Å²) in [5.41, 5.74) is 1.57. The SMILES string of the molecule is Cc1ccc(NC(=O)C(C#N)=Cc2ccc(-c3cc(C(=O)O)ccc3Cl)o2)cc1Cl. The number of benzene rings is 2. The minimum absolute atomic E-state index is 0.0525. The number of aromatic carboxylic acids is 1. The summed E-state index contributed by atoms with van der Waals surface area (Å²) in [6.45, 7) is 1.83. The first-order chi connectivity index (χ1) is 14.3. The number of carboxylic acids is 1. The molecule has 2 aromatic carbocycles. The Morgan fingerprint density at radius 2 is 1.87 bits per heavy atom. The van der Waals surface area contributed by atoms with Crippen molar-refractivity contribution in [2.45, 2.75) is 6.92 Å². The van der Waals surface area contributed by atoms with E-state index in [2.05, 4.69) is 5.32 Å². The Morgan fingerprint density at radius 3 is 2.53 bits per heavy atom. The molecule has 0 radical (unpaired) electrons. The summed E-state index contributed by atoms with van der Waals surface area (Å²) in [6, 6.07) is 14.2. The van der Waals surface area contributed by atoms with E-state index in [-0.39, 0.29) is 16.9 Å². The van der Waals surface area contributed by atoms with Gasteiger partial charge >= 0.3 is 5.97 Å². The molecule has 8 heteroatoms. The van der Waals surface area contributed by atoms with Gasteiger partial charge in [-0.2, -0.15) is 5.26 Å². The molecule has 1 heterocycles. The van der Waals surface area contributed by atoms with Crippen molar-refractivity contribution < 1.29 is 19.1 Å². The van der Waals surface area contributed by atoms with Gasteiger partial charge in [0.05, 0.1) is 10.6 Å². The molecule has 30 heavy (non-hydrogen) atoms. The molecule has 150 valence electrons. The van der Waals surface area contributed by atoms with Crippen molar-refractivity contribution in [1.29, 1.82) is 5.26 Å². The van der Waals surface area contributed by atoms with Crippen molar-refractivity contribution in [3.8, 4) is 17.4 Å². The van der Waals surface area contributed by atoms with Crippen molar-refractivity contribution in [3.63, 3.8) is 0 Å². The molecule has 0 aliphatic heterocycles. The number of nitriles is 1. The van der Waals surface area contributed by atoms with Crippen molar-refractivity contribution in [2.24, 2.45) is 0 Å². The van der Waals surface area contributed by atoms with Crippen molar-refractivity contribution in [1.82, 2.24) is 0 Å². The topological polar surface area (TPSA) is 103 Å². The second-order valence-corrected chi connectivity index (χ2v) is 7.10. The fourth-order valence-corrected chi connectivity index (χ4v) is 2.97. The Hall–Kier alpha value is -3.53. The Kier molecular flexibility index (Phi) is 6.26. The zero-order valence-corrected chi connectivity index (χ0v) is 17.1. The van der Waals surface area contributed by atoms with Gasteiger partial charge in [0.1, 0.15) is 23.2 Å². The van der Waals surface area contributed by atoms with Crippen LogP contribution in [-0.2, 0) is 4.79 Å². The molecule has 0 atom stereocenters. The number of furan rings is 1. The number of rotatable bonds is 5. The molecule has 0 fully saturated rings.